The Morgan fingerprint density at radius 3 is 2.62 bits per heavy atom. The van der Waals surface area contributed by atoms with E-state index >= 15 is 0 Å². The monoisotopic (exact) mass is 361 g/mol. The fraction of sp³-hybridized carbons (Fsp3) is 0.333. The molecule has 0 heterocycles. The highest BCUT2D eigenvalue weighted by Crippen LogP contribution is 2.34. The van der Waals surface area contributed by atoms with Crippen molar-refractivity contribution in [3.8, 4) is 0 Å². The SMILES string of the molecule is Cc1ccc(Sc2cc(Br)ccc2CNC2CC2)cc1C. The first-order chi connectivity index (χ1) is 10.1. The minimum Gasteiger partial charge on any atom is -0.310 e. The van der Waals surface area contributed by atoms with Gasteiger partial charge in [-0.1, -0.05) is 39.8 Å². The van der Waals surface area contributed by atoms with Crippen molar-refractivity contribution in [1.82, 2.24) is 5.32 Å². The second-order valence-electron chi connectivity index (χ2n) is 5.76. The molecule has 2 aromatic rings. The maximum atomic E-state index is 3.61. The minimum absolute atomic E-state index is 0.744. The number of hydrogen-bond donors (Lipinski definition) is 1. The van der Waals surface area contributed by atoms with Gasteiger partial charge in [0.2, 0.25) is 0 Å². The smallest absolute Gasteiger partial charge is 0.0219 e. The summed E-state index contributed by atoms with van der Waals surface area (Å²) in [4.78, 5) is 2.64. The second kappa shape index (κ2) is 6.55. The molecule has 0 aromatic heterocycles. The lowest BCUT2D eigenvalue weighted by Gasteiger charge is -2.12. The van der Waals surface area contributed by atoms with E-state index in [-0.39, 0.29) is 0 Å². The quantitative estimate of drug-likeness (QED) is 0.757. The molecule has 1 nitrogen and oxygen atoms in total. The molecule has 110 valence electrons. The summed E-state index contributed by atoms with van der Waals surface area (Å²) < 4.78 is 1.14. The Hall–Kier alpha value is -0.770. The fourth-order valence-corrected chi connectivity index (χ4v) is 3.81. The number of hydrogen-bond acceptors (Lipinski definition) is 2. The molecular weight excluding hydrogens is 342 g/mol. The van der Waals surface area contributed by atoms with Crippen molar-refractivity contribution in [2.45, 2.75) is 49.1 Å². The zero-order chi connectivity index (χ0) is 14.8. The summed E-state index contributed by atoms with van der Waals surface area (Å²) in [6.07, 6.45) is 2.66. The van der Waals surface area contributed by atoms with Crippen LogP contribution in [0.1, 0.15) is 29.5 Å². The number of rotatable bonds is 5. The van der Waals surface area contributed by atoms with Crippen LogP contribution in [0.15, 0.2) is 50.7 Å². The van der Waals surface area contributed by atoms with E-state index in [4.69, 9.17) is 0 Å². The fourth-order valence-electron chi connectivity index (χ4n) is 2.22. The summed E-state index contributed by atoms with van der Waals surface area (Å²) in [5, 5.41) is 3.61. The molecule has 0 radical (unpaired) electrons. The van der Waals surface area contributed by atoms with Crippen molar-refractivity contribution < 1.29 is 0 Å². The van der Waals surface area contributed by atoms with Gasteiger partial charge in [-0.3, -0.25) is 0 Å². The molecule has 0 bridgehead atoms. The molecule has 1 fully saturated rings. The van der Waals surface area contributed by atoms with Crippen LogP contribution in [0.3, 0.4) is 0 Å². The third kappa shape index (κ3) is 4.12. The van der Waals surface area contributed by atoms with Gasteiger partial charge in [0.25, 0.3) is 0 Å². The Labute approximate surface area is 139 Å². The standard InChI is InChI=1S/C18H20BrNS/c1-12-3-8-17(9-13(12)2)21-18-10-15(19)5-4-14(18)11-20-16-6-7-16/h3-5,8-10,16,20H,6-7,11H2,1-2H3. The third-order valence-corrected chi connectivity index (χ3v) is 5.48. The van der Waals surface area contributed by atoms with Gasteiger partial charge in [0.15, 0.2) is 0 Å². The topological polar surface area (TPSA) is 12.0 Å². The molecule has 0 saturated heterocycles. The van der Waals surface area contributed by atoms with Gasteiger partial charge in [0.05, 0.1) is 0 Å². The van der Waals surface area contributed by atoms with E-state index in [0.717, 1.165) is 17.1 Å². The molecule has 1 N–H and O–H groups in total. The van der Waals surface area contributed by atoms with Crippen LogP contribution >= 0.6 is 27.7 Å². The zero-order valence-corrected chi connectivity index (χ0v) is 14.9. The van der Waals surface area contributed by atoms with E-state index < -0.39 is 0 Å². The van der Waals surface area contributed by atoms with Crippen LogP contribution in [0, 0.1) is 13.8 Å². The molecule has 1 aliphatic rings. The summed E-state index contributed by atoms with van der Waals surface area (Å²) >= 11 is 5.45. The van der Waals surface area contributed by atoms with Crippen LogP contribution in [-0.4, -0.2) is 6.04 Å². The molecule has 0 spiro atoms. The number of nitrogens with one attached hydrogen (secondary N) is 1. The summed E-state index contributed by atoms with van der Waals surface area (Å²) in [5.41, 5.74) is 4.09. The largest absolute Gasteiger partial charge is 0.310 e. The molecule has 1 aliphatic carbocycles. The minimum atomic E-state index is 0.744. The molecule has 21 heavy (non-hydrogen) atoms. The van der Waals surface area contributed by atoms with Crippen molar-refractivity contribution in [3.05, 3.63) is 57.6 Å². The highest BCUT2D eigenvalue weighted by Gasteiger charge is 2.20. The van der Waals surface area contributed by atoms with Crippen molar-refractivity contribution in [3.63, 3.8) is 0 Å². The first-order valence-corrected chi connectivity index (χ1v) is 9.00. The van der Waals surface area contributed by atoms with Crippen LogP contribution in [0.5, 0.6) is 0 Å². The highest BCUT2D eigenvalue weighted by molar-refractivity contribution is 9.10. The molecule has 2 aromatic carbocycles. The molecular formula is C18H20BrNS. The molecule has 0 amide bonds. The van der Waals surface area contributed by atoms with Crippen molar-refractivity contribution in [2.24, 2.45) is 0 Å². The average Bonchev–Trinajstić information content (AvgIpc) is 3.26. The number of aryl methyl sites for hydroxylation is 2. The lowest BCUT2D eigenvalue weighted by atomic mass is 10.1. The van der Waals surface area contributed by atoms with E-state index in [1.807, 2.05) is 11.8 Å². The van der Waals surface area contributed by atoms with Gasteiger partial charge in [-0.15, -0.1) is 0 Å². The van der Waals surface area contributed by atoms with Crippen molar-refractivity contribution >= 4 is 27.7 Å². The number of halogens is 1. The Kier molecular flexibility index (Phi) is 4.72. The van der Waals surface area contributed by atoms with E-state index in [0.29, 0.717) is 0 Å². The molecule has 3 rings (SSSR count). The summed E-state index contributed by atoms with van der Waals surface area (Å²) in [6, 6.07) is 14.0. The van der Waals surface area contributed by atoms with Gasteiger partial charge in [0, 0.05) is 26.9 Å². The third-order valence-electron chi connectivity index (χ3n) is 3.89. The molecule has 3 heteroatoms. The van der Waals surface area contributed by atoms with Gasteiger partial charge in [-0.2, -0.15) is 0 Å². The average molecular weight is 362 g/mol. The molecule has 0 atom stereocenters. The highest BCUT2D eigenvalue weighted by atomic mass is 79.9. The Balaban J connectivity index is 1.81. The number of benzene rings is 2. The molecule has 1 saturated carbocycles. The predicted octanol–water partition coefficient (Wildman–Crippen LogP) is 5.47. The van der Waals surface area contributed by atoms with Crippen LogP contribution in [-0.2, 0) is 6.54 Å². The van der Waals surface area contributed by atoms with E-state index in [2.05, 4.69) is 71.5 Å². The van der Waals surface area contributed by atoms with Gasteiger partial charge in [0.1, 0.15) is 0 Å². The van der Waals surface area contributed by atoms with Gasteiger partial charge in [-0.25, -0.2) is 0 Å². The van der Waals surface area contributed by atoms with Gasteiger partial charge in [-0.05, 0) is 67.6 Å². The Bertz CT molecular complexity index is 650. The van der Waals surface area contributed by atoms with E-state index in [1.54, 1.807) is 0 Å². The molecule has 0 aliphatic heterocycles. The first-order valence-electron chi connectivity index (χ1n) is 7.39. The Morgan fingerprint density at radius 2 is 1.90 bits per heavy atom. The molecule has 0 unspecified atom stereocenters. The van der Waals surface area contributed by atoms with Crippen LogP contribution < -0.4 is 5.32 Å². The zero-order valence-electron chi connectivity index (χ0n) is 12.4. The Morgan fingerprint density at radius 1 is 1.10 bits per heavy atom. The summed E-state index contributed by atoms with van der Waals surface area (Å²) in [6.45, 7) is 5.30. The lowest BCUT2D eigenvalue weighted by molar-refractivity contribution is 0.680. The second-order valence-corrected chi connectivity index (χ2v) is 7.79. The van der Waals surface area contributed by atoms with E-state index in [9.17, 15) is 0 Å². The lowest BCUT2D eigenvalue weighted by Crippen LogP contribution is -2.15. The summed E-state index contributed by atoms with van der Waals surface area (Å²) in [7, 11) is 0. The van der Waals surface area contributed by atoms with Gasteiger partial charge < -0.3 is 5.32 Å². The van der Waals surface area contributed by atoms with Crippen LogP contribution in [0.25, 0.3) is 0 Å². The summed E-state index contributed by atoms with van der Waals surface area (Å²) in [5.74, 6) is 0. The normalized spacial score (nSPS) is 14.4. The van der Waals surface area contributed by atoms with Crippen molar-refractivity contribution in [1.29, 1.82) is 0 Å². The van der Waals surface area contributed by atoms with Crippen LogP contribution in [0.2, 0.25) is 0 Å². The first kappa shape index (κ1) is 15.1. The van der Waals surface area contributed by atoms with Crippen molar-refractivity contribution in [2.75, 3.05) is 0 Å². The van der Waals surface area contributed by atoms with Crippen LogP contribution in [0.4, 0.5) is 0 Å². The maximum absolute atomic E-state index is 3.61. The van der Waals surface area contributed by atoms with E-state index in [1.165, 1.54) is 39.3 Å². The predicted molar refractivity (Wildman–Crippen MR) is 94.0 cm³/mol. The van der Waals surface area contributed by atoms with Gasteiger partial charge >= 0.3 is 0 Å². The maximum Gasteiger partial charge on any atom is 0.0219 e.